The molecule has 0 unspecified atom stereocenters. The number of aromatic nitrogens is 4. The monoisotopic (exact) mass is 522 g/mol. The van der Waals surface area contributed by atoms with Crippen LogP contribution in [0, 0.1) is 0 Å². The van der Waals surface area contributed by atoms with E-state index in [1.807, 2.05) is 83.8 Å². The summed E-state index contributed by atoms with van der Waals surface area (Å²) in [5.74, 6) is 1.50. The minimum absolute atomic E-state index is 0.194. The Morgan fingerprint density at radius 2 is 1.58 bits per heavy atom. The SMILES string of the molecule is CC(C)c1ccc(-c2nc3c(c(N4C=CN(C)C4)nn3-c3ccccc3)c(=O)n2-c2ccc(Cl)cc2)cc1. The van der Waals surface area contributed by atoms with E-state index in [1.54, 1.807) is 21.4 Å². The van der Waals surface area contributed by atoms with E-state index in [4.69, 9.17) is 21.7 Å². The molecule has 0 saturated heterocycles. The zero-order valence-electron chi connectivity index (χ0n) is 21.4. The van der Waals surface area contributed by atoms with E-state index in [-0.39, 0.29) is 5.56 Å². The molecule has 0 spiro atoms. The van der Waals surface area contributed by atoms with Crippen molar-refractivity contribution >= 4 is 28.5 Å². The largest absolute Gasteiger partial charge is 0.361 e. The van der Waals surface area contributed by atoms with Crippen molar-refractivity contribution in [1.82, 2.24) is 24.2 Å². The van der Waals surface area contributed by atoms with E-state index in [0.29, 0.717) is 46.0 Å². The summed E-state index contributed by atoms with van der Waals surface area (Å²) in [5, 5.41) is 5.97. The van der Waals surface area contributed by atoms with Gasteiger partial charge in [-0.2, -0.15) is 0 Å². The van der Waals surface area contributed by atoms with Crippen molar-refractivity contribution in [2.75, 3.05) is 18.6 Å². The first kappa shape index (κ1) is 24.0. The fraction of sp³-hybridized carbons (Fsp3) is 0.167. The van der Waals surface area contributed by atoms with Crippen LogP contribution in [0.3, 0.4) is 0 Å². The lowest BCUT2D eigenvalue weighted by Gasteiger charge is -2.17. The third-order valence-electron chi connectivity index (χ3n) is 6.75. The minimum Gasteiger partial charge on any atom is -0.361 e. The predicted octanol–water partition coefficient (Wildman–Crippen LogP) is 6.20. The Labute approximate surface area is 225 Å². The molecule has 38 heavy (non-hydrogen) atoms. The number of anilines is 1. The first-order valence-electron chi connectivity index (χ1n) is 12.5. The lowest BCUT2D eigenvalue weighted by molar-refractivity contribution is 0.494. The Hall–Kier alpha value is -4.36. The summed E-state index contributed by atoms with van der Waals surface area (Å²) in [5.41, 5.74) is 3.89. The second kappa shape index (κ2) is 9.50. The molecule has 3 heterocycles. The summed E-state index contributed by atoms with van der Waals surface area (Å²) in [6.07, 6.45) is 3.89. The van der Waals surface area contributed by atoms with Crippen LogP contribution in [0.1, 0.15) is 25.3 Å². The number of benzene rings is 3. The van der Waals surface area contributed by atoms with Crippen LogP contribution in [0.2, 0.25) is 5.02 Å². The van der Waals surface area contributed by atoms with Crippen molar-refractivity contribution in [3.8, 4) is 22.8 Å². The van der Waals surface area contributed by atoms with Crippen LogP contribution in [0.5, 0.6) is 0 Å². The highest BCUT2D eigenvalue weighted by Gasteiger charge is 2.26. The van der Waals surface area contributed by atoms with Crippen LogP contribution in [-0.2, 0) is 0 Å². The summed E-state index contributed by atoms with van der Waals surface area (Å²) in [4.78, 5) is 23.6. The van der Waals surface area contributed by atoms with Crippen molar-refractivity contribution in [2.45, 2.75) is 19.8 Å². The number of fused-ring (bicyclic) bond motifs is 1. The van der Waals surface area contributed by atoms with Gasteiger partial charge in [-0.1, -0.05) is 67.9 Å². The molecule has 0 N–H and O–H groups in total. The Bertz CT molecular complexity index is 1700. The van der Waals surface area contributed by atoms with Crippen molar-refractivity contribution in [3.05, 3.63) is 112 Å². The van der Waals surface area contributed by atoms with Crippen LogP contribution in [0.15, 0.2) is 96.1 Å². The lowest BCUT2D eigenvalue weighted by Crippen LogP contribution is -2.26. The van der Waals surface area contributed by atoms with Gasteiger partial charge in [0.2, 0.25) is 0 Å². The fourth-order valence-electron chi connectivity index (χ4n) is 4.71. The Balaban J connectivity index is 1.69. The Morgan fingerprint density at radius 1 is 0.868 bits per heavy atom. The molecule has 3 aromatic carbocycles. The standard InChI is InChI=1S/C30H27ClN6O/c1-20(2)21-9-11-22(12-10-21)27-32-28-26(30(38)36(27)24-15-13-23(31)14-16-24)29(35-18-17-34(3)19-35)33-37(28)25-7-5-4-6-8-25/h4-18,20H,19H2,1-3H3. The number of para-hydroxylation sites is 1. The highest BCUT2D eigenvalue weighted by molar-refractivity contribution is 6.30. The maximum absolute atomic E-state index is 14.5. The van der Waals surface area contributed by atoms with Crippen molar-refractivity contribution in [2.24, 2.45) is 0 Å². The normalized spacial score (nSPS) is 13.3. The average molecular weight is 523 g/mol. The van der Waals surface area contributed by atoms with Gasteiger partial charge < -0.3 is 9.80 Å². The van der Waals surface area contributed by atoms with Gasteiger partial charge in [0.25, 0.3) is 5.56 Å². The van der Waals surface area contributed by atoms with E-state index in [9.17, 15) is 4.79 Å². The molecule has 1 aliphatic rings. The molecule has 0 amide bonds. The van der Waals surface area contributed by atoms with Gasteiger partial charge in [0, 0.05) is 30.0 Å². The predicted molar refractivity (Wildman–Crippen MR) is 153 cm³/mol. The van der Waals surface area contributed by atoms with Crippen molar-refractivity contribution in [3.63, 3.8) is 0 Å². The van der Waals surface area contributed by atoms with Gasteiger partial charge in [0.15, 0.2) is 11.5 Å². The van der Waals surface area contributed by atoms with Gasteiger partial charge in [-0.25, -0.2) is 9.67 Å². The molecule has 5 aromatic rings. The molecule has 1 aliphatic heterocycles. The Kier molecular flexibility index (Phi) is 6.00. The minimum atomic E-state index is -0.194. The summed E-state index contributed by atoms with van der Waals surface area (Å²) < 4.78 is 3.42. The van der Waals surface area contributed by atoms with Crippen LogP contribution in [0.25, 0.3) is 33.8 Å². The van der Waals surface area contributed by atoms with Gasteiger partial charge in [-0.3, -0.25) is 9.36 Å². The number of rotatable bonds is 5. The summed E-state index contributed by atoms with van der Waals surface area (Å²) in [6.45, 7) is 4.90. The lowest BCUT2D eigenvalue weighted by atomic mass is 10.0. The maximum atomic E-state index is 14.5. The molecule has 8 heteroatoms. The molecule has 0 atom stereocenters. The van der Waals surface area contributed by atoms with Gasteiger partial charge >= 0.3 is 0 Å². The third kappa shape index (κ3) is 4.15. The second-order valence-electron chi connectivity index (χ2n) is 9.77. The smallest absolute Gasteiger partial charge is 0.271 e. The summed E-state index contributed by atoms with van der Waals surface area (Å²) in [6, 6.07) is 25.3. The number of nitrogens with zero attached hydrogens (tertiary/aromatic N) is 6. The van der Waals surface area contributed by atoms with Gasteiger partial charge in [0.1, 0.15) is 11.2 Å². The highest BCUT2D eigenvalue weighted by atomic mass is 35.5. The van der Waals surface area contributed by atoms with E-state index in [1.165, 1.54) is 5.56 Å². The summed E-state index contributed by atoms with van der Waals surface area (Å²) in [7, 11) is 1.98. The molecule has 0 fully saturated rings. The molecule has 7 nitrogen and oxygen atoms in total. The molecule has 2 aromatic heterocycles. The van der Waals surface area contributed by atoms with Gasteiger partial charge in [-0.15, -0.1) is 5.10 Å². The molecular formula is C30H27ClN6O. The average Bonchev–Trinajstić information content (AvgIpc) is 3.53. The Morgan fingerprint density at radius 3 is 2.21 bits per heavy atom. The van der Waals surface area contributed by atoms with Crippen LogP contribution >= 0.6 is 11.6 Å². The molecule has 0 radical (unpaired) electrons. The molecule has 6 rings (SSSR count). The van der Waals surface area contributed by atoms with Gasteiger partial charge in [-0.05, 0) is 47.9 Å². The zero-order chi connectivity index (χ0) is 26.4. The molecular weight excluding hydrogens is 496 g/mol. The van der Waals surface area contributed by atoms with Crippen LogP contribution < -0.4 is 10.5 Å². The molecule has 0 aliphatic carbocycles. The molecule has 0 bridgehead atoms. The summed E-state index contributed by atoms with van der Waals surface area (Å²) >= 11 is 6.20. The maximum Gasteiger partial charge on any atom is 0.271 e. The third-order valence-corrected chi connectivity index (χ3v) is 7.00. The van der Waals surface area contributed by atoms with Gasteiger partial charge in [0.05, 0.1) is 18.0 Å². The van der Waals surface area contributed by atoms with Crippen molar-refractivity contribution in [1.29, 1.82) is 0 Å². The highest BCUT2D eigenvalue weighted by Crippen LogP contribution is 2.31. The quantitative estimate of drug-likeness (QED) is 0.275. The topological polar surface area (TPSA) is 59.2 Å². The van der Waals surface area contributed by atoms with E-state index in [0.717, 1.165) is 11.3 Å². The van der Waals surface area contributed by atoms with Crippen LogP contribution in [0.4, 0.5) is 5.82 Å². The van der Waals surface area contributed by atoms with Crippen molar-refractivity contribution < 1.29 is 0 Å². The number of halogens is 1. The van der Waals surface area contributed by atoms with E-state index < -0.39 is 0 Å². The second-order valence-corrected chi connectivity index (χ2v) is 10.2. The first-order valence-corrected chi connectivity index (χ1v) is 12.9. The fourth-order valence-corrected chi connectivity index (χ4v) is 4.83. The molecule has 0 saturated carbocycles. The van der Waals surface area contributed by atoms with E-state index in [2.05, 4.69) is 26.0 Å². The van der Waals surface area contributed by atoms with Crippen LogP contribution in [-0.4, -0.2) is 37.9 Å². The molecule has 190 valence electrons. The number of hydrogen-bond donors (Lipinski definition) is 0. The zero-order valence-corrected chi connectivity index (χ0v) is 22.2. The number of hydrogen-bond acceptors (Lipinski definition) is 5. The van der Waals surface area contributed by atoms with E-state index >= 15 is 0 Å². The first-order chi connectivity index (χ1) is 18.4.